The van der Waals surface area contributed by atoms with Crippen molar-refractivity contribution in [3.63, 3.8) is 0 Å². The van der Waals surface area contributed by atoms with E-state index in [4.69, 9.17) is 27.9 Å². The molecule has 0 N–H and O–H groups in total. The lowest BCUT2D eigenvalue weighted by molar-refractivity contribution is -0.145. The van der Waals surface area contributed by atoms with Gasteiger partial charge in [0.2, 0.25) is 0 Å². The predicted molar refractivity (Wildman–Crippen MR) is 68.3 cm³/mol. The average molecular weight is 273 g/mol. The number of rotatable bonds is 5. The van der Waals surface area contributed by atoms with Crippen molar-refractivity contribution >= 4 is 29.2 Å². The van der Waals surface area contributed by atoms with Crippen LogP contribution in [0.4, 0.5) is 0 Å². The zero-order valence-corrected chi connectivity index (χ0v) is 10.9. The third kappa shape index (κ3) is 3.62. The van der Waals surface area contributed by atoms with E-state index in [0.717, 1.165) is 12.8 Å². The number of carbonyl (C=O) groups is 1. The van der Waals surface area contributed by atoms with Crippen LogP contribution < -0.4 is 0 Å². The molecular formula is C13H14Cl2O2. The monoisotopic (exact) mass is 272 g/mol. The molecule has 0 bridgehead atoms. The number of hydrogen-bond acceptors (Lipinski definition) is 2. The van der Waals surface area contributed by atoms with E-state index in [-0.39, 0.29) is 11.9 Å². The lowest BCUT2D eigenvalue weighted by atomic mass is 10.1. The highest BCUT2D eigenvalue weighted by Crippen LogP contribution is 2.53. The van der Waals surface area contributed by atoms with Gasteiger partial charge in [-0.2, -0.15) is 0 Å². The third-order valence-electron chi connectivity index (χ3n) is 2.81. The van der Waals surface area contributed by atoms with Crippen molar-refractivity contribution in [3.8, 4) is 0 Å². The van der Waals surface area contributed by atoms with Gasteiger partial charge in [0.05, 0.1) is 12.5 Å². The topological polar surface area (TPSA) is 26.3 Å². The van der Waals surface area contributed by atoms with Crippen molar-refractivity contribution in [1.29, 1.82) is 0 Å². The Morgan fingerprint density at radius 2 is 2.00 bits per heavy atom. The minimum absolute atomic E-state index is 0.275. The number of esters is 1. The first-order chi connectivity index (χ1) is 8.09. The van der Waals surface area contributed by atoms with E-state index < -0.39 is 4.33 Å². The van der Waals surface area contributed by atoms with Gasteiger partial charge in [0.15, 0.2) is 0 Å². The van der Waals surface area contributed by atoms with Crippen molar-refractivity contribution in [2.24, 2.45) is 5.92 Å². The summed E-state index contributed by atoms with van der Waals surface area (Å²) < 4.78 is 4.24. The molecule has 1 saturated carbocycles. The highest BCUT2D eigenvalue weighted by atomic mass is 35.5. The van der Waals surface area contributed by atoms with E-state index in [2.05, 4.69) is 12.1 Å². The van der Waals surface area contributed by atoms with Crippen LogP contribution in [-0.4, -0.2) is 16.9 Å². The molecule has 0 spiro atoms. The summed E-state index contributed by atoms with van der Waals surface area (Å²) in [5.74, 6) is -0.606. The number of benzene rings is 1. The number of alkyl halides is 2. The minimum Gasteiger partial charge on any atom is -0.465 e. The zero-order valence-electron chi connectivity index (χ0n) is 9.36. The quantitative estimate of drug-likeness (QED) is 0.467. The normalized spacial score (nSPS) is 20.9. The van der Waals surface area contributed by atoms with Crippen LogP contribution in [0.3, 0.4) is 0 Å². The first-order valence-corrected chi connectivity index (χ1v) is 6.43. The minimum atomic E-state index is -0.878. The van der Waals surface area contributed by atoms with Gasteiger partial charge in [-0.05, 0) is 24.8 Å². The molecule has 92 valence electrons. The summed E-state index contributed by atoms with van der Waals surface area (Å²) in [5.41, 5.74) is 1.25. The van der Waals surface area contributed by atoms with E-state index in [1.54, 1.807) is 0 Å². The van der Waals surface area contributed by atoms with E-state index in [9.17, 15) is 4.79 Å². The van der Waals surface area contributed by atoms with Gasteiger partial charge in [-0.3, -0.25) is 4.79 Å². The first-order valence-electron chi connectivity index (χ1n) is 5.68. The van der Waals surface area contributed by atoms with Crippen LogP contribution in [0.15, 0.2) is 30.3 Å². The van der Waals surface area contributed by atoms with Gasteiger partial charge >= 0.3 is 5.97 Å². The smallest absolute Gasteiger partial charge is 0.312 e. The largest absolute Gasteiger partial charge is 0.465 e. The maximum absolute atomic E-state index is 11.4. The van der Waals surface area contributed by atoms with Gasteiger partial charge < -0.3 is 4.74 Å². The van der Waals surface area contributed by atoms with E-state index in [1.165, 1.54) is 5.56 Å². The molecular weight excluding hydrogens is 259 g/mol. The average Bonchev–Trinajstić information content (AvgIpc) is 2.95. The molecule has 4 heteroatoms. The SMILES string of the molecule is O=C(OCCCc1ccccc1)C1CC1(Cl)Cl. The first kappa shape index (κ1) is 12.7. The number of halogens is 2. The molecule has 0 aliphatic heterocycles. The fourth-order valence-corrected chi connectivity index (χ4v) is 2.15. The van der Waals surface area contributed by atoms with Crippen LogP contribution in [-0.2, 0) is 16.0 Å². The van der Waals surface area contributed by atoms with Crippen molar-refractivity contribution in [2.45, 2.75) is 23.6 Å². The van der Waals surface area contributed by atoms with Crippen molar-refractivity contribution < 1.29 is 9.53 Å². The van der Waals surface area contributed by atoms with Crippen LogP contribution in [0.1, 0.15) is 18.4 Å². The van der Waals surface area contributed by atoms with Crippen LogP contribution in [0, 0.1) is 5.92 Å². The van der Waals surface area contributed by atoms with Crippen LogP contribution in [0.25, 0.3) is 0 Å². The number of hydrogen-bond donors (Lipinski definition) is 0. The molecule has 1 aromatic carbocycles. The highest BCUT2D eigenvalue weighted by Gasteiger charge is 2.57. The number of carbonyl (C=O) groups excluding carboxylic acids is 1. The molecule has 2 rings (SSSR count). The Morgan fingerprint density at radius 1 is 1.35 bits per heavy atom. The molecule has 0 radical (unpaired) electrons. The summed E-state index contributed by atoms with van der Waals surface area (Å²) in [5, 5.41) is 0. The van der Waals surface area contributed by atoms with E-state index in [1.807, 2.05) is 18.2 Å². The molecule has 0 saturated heterocycles. The Bertz CT molecular complexity index is 390. The fraction of sp³-hybridized carbons (Fsp3) is 0.462. The summed E-state index contributed by atoms with van der Waals surface area (Å²) in [4.78, 5) is 11.4. The van der Waals surface area contributed by atoms with Gasteiger partial charge in [-0.25, -0.2) is 0 Å². The van der Waals surface area contributed by atoms with Crippen molar-refractivity contribution in [2.75, 3.05) is 6.61 Å². The summed E-state index contributed by atoms with van der Waals surface area (Å²) >= 11 is 11.6. The Labute approximate surface area is 111 Å². The Balaban J connectivity index is 1.63. The summed E-state index contributed by atoms with van der Waals surface area (Å²) in [7, 11) is 0. The van der Waals surface area contributed by atoms with E-state index in [0.29, 0.717) is 13.0 Å². The molecule has 1 fully saturated rings. The number of ether oxygens (including phenoxy) is 1. The molecule has 1 atom stereocenters. The van der Waals surface area contributed by atoms with Crippen LogP contribution in [0.2, 0.25) is 0 Å². The standard InChI is InChI=1S/C13H14Cl2O2/c14-13(15)9-11(13)12(16)17-8-4-7-10-5-2-1-3-6-10/h1-3,5-6,11H,4,7-9H2. The van der Waals surface area contributed by atoms with Gasteiger partial charge in [0, 0.05) is 0 Å². The second kappa shape index (κ2) is 5.28. The highest BCUT2D eigenvalue weighted by molar-refractivity contribution is 6.52. The van der Waals surface area contributed by atoms with Crippen LogP contribution in [0.5, 0.6) is 0 Å². The van der Waals surface area contributed by atoms with Crippen molar-refractivity contribution in [1.82, 2.24) is 0 Å². The van der Waals surface area contributed by atoms with Gasteiger partial charge in [0.25, 0.3) is 0 Å². The number of aryl methyl sites for hydroxylation is 1. The molecule has 1 aliphatic rings. The molecule has 1 unspecified atom stereocenters. The Hall–Kier alpha value is -0.730. The van der Waals surface area contributed by atoms with Crippen LogP contribution >= 0.6 is 23.2 Å². The summed E-state index contributed by atoms with van der Waals surface area (Å²) in [6, 6.07) is 10.1. The Morgan fingerprint density at radius 3 is 2.59 bits per heavy atom. The van der Waals surface area contributed by atoms with E-state index >= 15 is 0 Å². The molecule has 0 heterocycles. The summed E-state index contributed by atoms with van der Waals surface area (Å²) in [6.07, 6.45) is 2.24. The molecule has 0 amide bonds. The van der Waals surface area contributed by atoms with Gasteiger partial charge in [0.1, 0.15) is 4.33 Å². The second-order valence-corrected chi connectivity index (χ2v) is 5.82. The maximum Gasteiger partial charge on any atom is 0.312 e. The molecule has 0 aromatic heterocycles. The van der Waals surface area contributed by atoms with Gasteiger partial charge in [-0.15, -0.1) is 23.2 Å². The fourth-order valence-electron chi connectivity index (χ4n) is 1.66. The lowest BCUT2D eigenvalue weighted by Gasteiger charge is -2.04. The predicted octanol–water partition coefficient (Wildman–Crippen LogP) is 3.36. The summed E-state index contributed by atoms with van der Waals surface area (Å²) in [6.45, 7) is 0.425. The molecule has 1 aliphatic carbocycles. The molecule has 17 heavy (non-hydrogen) atoms. The molecule has 1 aromatic rings. The Kier molecular flexibility index (Phi) is 3.95. The second-order valence-electron chi connectivity index (χ2n) is 4.27. The molecule has 2 nitrogen and oxygen atoms in total. The van der Waals surface area contributed by atoms with Crippen molar-refractivity contribution in [3.05, 3.63) is 35.9 Å². The zero-order chi connectivity index (χ0) is 12.3. The lowest BCUT2D eigenvalue weighted by Crippen LogP contribution is -2.12. The third-order valence-corrected chi connectivity index (χ3v) is 3.64. The van der Waals surface area contributed by atoms with Gasteiger partial charge in [-0.1, -0.05) is 30.3 Å². The maximum atomic E-state index is 11.4.